The molecule has 1 amide bonds. The van der Waals surface area contributed by atoms with Crippen LogP contribution in [0, 0.1) is 6.92 Å². The van der Waals surface area contributed by atoms with E-state index in [1.54, 1.807) is 16.2 Å². The molecule has 21 heavy (non-hydrogen) atoms. The van der Waals surface area contributed by atoms with Crippen LogP contribution in [-0.4, -0.2) is 40.6 Å². The zero-order valence-electron chi connectivity index (χ0n) is 11.9. The Kier molecular flexibility index (Phi) is 3.99. The number of ether oxygens (including phenoxy) is 1. The lowest BCUT2D eigenvalue weighted by Crippen LogP contribution is -2.54. The first-order valence-electron chi connectivity index (χ1n) is 7.30. The van der Waals surface area contributed by atoms with Gasteiger partial charge in [-0.05, 0) is 31.9 Å². The van der Waals surface area contributed by atoms with Gasteiger partial charge < -0.3 is 14.7 Å². The quantitative estimate of drug-likeness (QED) is 0.930. The summed E-state index contributed by atoms with van der Waals surface area (Å²) < 4.78 is 5.33. The Morgan fingerprint density at radius 3 is 2.67 bits per heavy atom. The van der Waals surface area contributed by atoms with Crippen LogP contribution in [0.25, 0.3) is 0 Å². The smallest absolute Gasteiger partial charge is 0.335 e. The monoisotopic (exact) mass is 309 g/mol. The molecule has 2 heterocycles. The van der Waals surface area contributed by atoms with Crippen LogP contribution in [0.4, 0.5) is 0 Å². The molecular formula is C15H19NO4S. The van der Waals surface area contributed by atoms with Crippen molar-refractivity contribution in [3.8, 4) is 0 Å². The molecule has 3 rings (SSSR count). The highest BCUT2D eigenvalue weighted by Crippen LogP contribution is 2.39. The molecule has 1 aromatic rings. The molecule has 0 bridgehead atoms. The Morgan fingerprint density at radius 2 is 2.10 bits per heavy atom. The maximum Gasteiger partial charge on any atom is 0.335 e. The van der Waals surface area contributed by atoms with Crippen LogP contribution in [0.5, 0.6) is 0 Å². The third-order valence-electron chi connectivity index (χ3n) is 4.27. The molecule has 2 unspecified atom stereocenters. The Balaban J connectivity index is 1.99. The van der Waals surface area contributed by atoms with Crippen molar-refractivity contribution in [2.24, 2.45) is 0 Å². The number of carbonyl (C=O) groups is 2. The Hall–Kier alpha value is -1.40. The minimum Gasteiger partial charge on any atom is -0.479 e. The Bertz CT molecular complexity index is 550. The number of aryl methyl sites for hydroxylation is 1. The summed E-state index contributed by atoms with van der Waals surface area (Å²) in [5.41, 5.74) is 0. The number of hydrogen-bond donors (Lipinski definition) is 1. The van der Waals surface area contributed by atoms with E-state index in [1.807, 2.05) is 19.1 Å². The van der Waals surface area contributed by atoms with Crippen LogP contribution in [0.15, 0.2) is 12.1 Å². The van der Waals surface area contributed by atoms with Crippen LogP contribution in [0.2, 0.25) is 0 Å². The standard InChI is InChI=1S/C15H19NO4S/c1-9-6-7-11(21-9)13-14(15(18)19)20-8-12(17)16(13)10-4-2-3-5-10/h6-7,10,13-14H,2-5,8H2,1H3,(H,18,19). The van der Waals surface area contributed by atoms with E-state index in [4.69, 9.17) is 4.74 Å². The normalized spacial score (nSPS) is 27.3. The first kappa shape index (κ1) is 14.5. The molecule has 0 radical (unpaired) electrons. The summed E-state index contributed by atoms with van der Waals surface area (Å²) in [6.45, 7) is 1.85. The number of carbonyl (C=O) groups excluding carboxylic acids is 1. The molecule has 1 saturated heterocycles. The minimum absolute atomic E-state index is 0.0875. The highest BCUT2D eigenvalue weighted by atomic mass is 32.1. The lowest BCUT2D eigenvalue weighted by Gasteiger charge is -2.42. The summed E-state index contributed by atoms with van der Waals surface area (Å²) in [5.74, 6) is -1.09. The summed E-state index contributed by atoms with van der Waals surface area (Å²) in [5, 5.41) is 9.47. The molecule has 1 aliphatic carbocycles. The van der Waals surface area contributed by atoms with E-state index < -0.39 is 18.1 Å². The highest BCUT2D eigenvalue weighted by molar-refractivity contribution is 7.12. The predicted molar refractivity (Wildman–Crippen MR) is 78.3 cm³/mol. The molecule has 2 atom stereocenters. The van der Waals surface area contributed by atoms with Gasteiger partial charge >= 0.3 is 5.97 Å². The van der Waals surface area contributed by atoms with E-state index >= 15 is 0 Å². The van der Waals surface area contributed by atoms with Crippen molar-refractivity contribution in [1.29, 1.82) is 0 Å². The molecule has 114 valence electrons. The topological polar surface area (TPSA) is 66.8 Å². The van der Waals surface area contributed by atoms with Gasteiger partial charge in [0.05, 0.1) is 0 Å². The zero-order chi connectivity index (χ0) is 15.0. The van der Waals surface area contributed by atoms with Gasteiger partial charge in [-0.15, -0.1) is 11.3 Å². The van der Waals surface area contributed by atoms with E-state index in [0.717, 1.165) is 35.4 Å². The van der Waals surface area contributed by atoms with Gasteiger partial charge in [-0.1, -0.05) is 12.8 Å². The molecule has 0 aromatic carbocycles. The number of rotatable bonds is 3. The van der Waals surface area contributed by atoms with E-state index in [-0.39, 0.29) is 18.6 Å². The summed E-state index contributed by atoms with van der Waals surface area (Å²) in [7, 11) is 0. The molecule has 1 aliphatic heterocycles. The Labute approximate surface area is 127 Å². The molecule has 1 N–H and O–H groups in total. The number of hydrogen-bond acceptors (Lipinski definition) is 4. The van der Waals surface area contributed by atoms with Crippen molar-refractivity contribution in [1.82, 2.24) is 4.90 Å². The van der Waals surface area contributed by atoms with Crippen LogP contribution in [0.3, 0.4) is 0 Å². The number of carboxylic acid groups (broad SMARTS) is 1. The molecule has 5 nitrogen and oxygen atoms in total. The zero-order valence-corrected chi connectivity index (χ0v) is 12.8. The number of aliphatic carboxylic acids is 1. The number of carboxylic acids is 1. The van der Waals surface area contributed by atoms with Gasteiger partial charge in [0.2, 0.25) is 5.91 Å². The van der Waals surface area contributed by atoms with Crippen molar-refractivity contribution in [3.05, 3.63) is 21.9 Å². The second-order valence-electron chi connectivity index (χ2n) is 5.70. The minimum atomic E-state index is -0.999. The number of morpholine rings is 1. The molecule has 2 fully saturated rings. The van der Waals surface area contributed by atoms with E-state index in [2.05, 4.69) is 0 Å². The number of thiophene rings is 1. The van der Waals surface area contributed by atoms with Gasteiger partial charge in [-0.2, -0.15) is 0 Å². The Morgan fingerprint density at radius 1 is 1.38 bits per heavy atom. The predicted octanol–water partition coefficient (Wildman–Crippen LogP) is 2.35. The highest BCUT2D eigenvalue weighted by Gasteiger charge is 2.45. The first-order chi connectivity index (χ1) is 10.1. The average molecular weight is 309 g/mol. The van der Waals surface area contributed by atoms with Gasteiger partial charge in [-0.3, -0.25) is 4.79 Å². The van der Waals surface area contributed by atoms with Gasteiger partial charge in [0.1, 0.15) is 12.6 Å². The largest absolute Gasteiger partial charge is 0.479 e. The molecule has 2 aliphatic rings. The molecule has 0 spiro atoms. The van der Waals surface area contributed by atoms with Crippen molar-refractivity contribution in [2.45, 2.75) is 50.8 Å². The molecule has 1 aromatic heterocycles. The number of nitrogens with zero attached hydrogens (tertiary/aromatic N) is 1. The summed E-state index contributed by atoms with van der Waals surface area (Å²) in [6.07, 6.45) is 3.14. The third-order valence-corrected chi connectivity index (χ3v) is 5.35. The van der Waals surface area contributed by atoms with Crippen LogP contribution in [0.1, 0.15) is 41.5 Å². The van der Waals surface area contributed by atoms with Crippen molar-refractivity contribution in [3.63, 3.8) is 0 Å². The van der Waals surface area contributed by atoms with Crippen molar-refractivity contribution < 1.29 is 19.4 Å². The van der Waals surface area contributed by atoms with Crippen LogP contribution in [-0.2, 0) is 14.3 Å². The van der Waals surface area contributed by atoms with Gasteiger partial charge in [-0.25, -0.2) is 4.79 Å². The van der Waals surface area contributed by atoms with E-state index in [0.29, 0.717) is 0 Å². The van der Waals surface area contributed by atoms with E-state index in [9.17, 15) is 14.7 Å². The third kappa shape index (κ3) is 2.70. The fraction of sp³-hybridized carbons (Fsp3) is 0.600. The molecule has 6 heteroatoms. The lowest BCUT2D eigenvalue weighted by atomic mass is 10.0. The van der Waals surface area contributed by atoms with Crippen LogP contribution >= 0.6 is 11.3 Å². The van der Waals surface area contributed by atoms with Gasteiger partial charge in [0.15, 0.2) is 6.10 Å². The van der Waals surface area contributed by atoms with Gasteiger partial charge in [0, 0.05) is 15.8 Å². The van der Waals surface area contributed by atoms with Gasteiger partial charge in [0.25, 0.3) is 0 Å². The summed E-state index contributed by atoms with van der Waals surface area (Å²) in [4.78, 5) is 27.7. The van der Waals surface area contributed by atoms with Crippen molar-refractivity contribution in [2.75, 3.05) is 6.61 Å². The fourth-order valence-corrected chi connectivity index (χ4v) is 4.35. The van der Waals surface area contributed by atoms with E-state index in [1.165, 1.54) is 0 Å². The number of amides is 1. The second-order valence-corrected chi connectivity index (χ2v) is 7.02. The average Bonchev–Trinajstić information content (AvgIpc) is 3.09. The molecular weight excluding hydrogens is 290 g/mol. The molecule has 1 saturated carbocycles. The second kappa shape index (κ2) is 5.77. The summed E-state index contributed by atoms with van der Waals surface area (Å²) >= 11 is 1.54. The van der Waals surface area contributed by atoms with Crippen molar-refractivity contribution >= 4 is 23.2 Å². The maximum absolute atomic E-state index is 12.4. The SMILES string of the molecule is Cc1ccc(C2C(C(=O)O)OCC(=O)N2C2CCCC2)s1. The lowest BCUT2D eigenvalue weighted by molar-refractivity contribution is -0.176. The summed E-state index contributed by atoms with van der Waals surface area (Å²) in [6, 6.07) is 3.54. The fourth-order valence-electron chi connectivity index (χ4n) is 3.35. The van der Waals surface area contributed by atoms with Crippen LogP contribution < -0.4 is 0 Å². The maximum atomic E-state index is 12.4. The first-order valence-corrected chi connectivity index (χ1v) is 8.11.